The van der Waals surface area contributed by atoms with Crippen molar-refractivity contribution in [2.45, 2.75) is 38.4 Å². The molecule has 1 amide bonds. The van der Waals surface area contributed by atoms with Gasteiger partial charge in [0.2, 0.25) is 0 Å². The first-order valence-corrected chi connectivity index (χ1v) is 7.59. The van der Waals surface area contributed by atoms with Crippen LogP contribution in [0.25, 0.3) is 0 Å². The Morgan fingerprint density at radius 1 is 1.37 bits per heavy atom. The highest BCUT2D eigenvalue weighted by atomic mass is 79.9. The zero-order chi connectivity index (χ0) is 14.4. The highest BCUT2D eigenvalue weighted by Gasteiger charge is 2.16. The van der Waals surface area contributed by atoms with Gasteiger partial charge in [0.15, 0.2) is 0 Å². The second-order valence-electron chi connectivity index (χ2n) is 4.77. The molecule has 0 aliphatic rings. The summed E-state index contributed by atoms with van der Waals surface area (Å²) >= 11 is 3.62. The van der Waals surface area contributed by atoms with E-state index in [9.17, 15) is 9.18 Å². The van der Waals surface area contributed by atoms with Crippen LogP contribution in [0, 0.1) is 18.7 Å². The van der Waals surface area contributed by atoms with Gasteiger partial charge in [-0.25, -0.2) is 4.39 Å². The Bertz CT molecular complexity index is 432. The highest BCUT2D eigenvalue weighted by molar-refractivity contribution is 9.09. The number of hydrogen-bond acceptors (Lipinski definition) is 1. The highest BCUT2D eigenvalue weighted by Crippen LogP contribution is 2.19. The summed E-state index contributed by atoms with van der Waals surface area (Å²) in [4.78, 5) is 12.2. The first-order valence-electron chi connectivity index (χ1n) is 6.68. The summed E-state index contributed by atoms with van der Waals surface area (Å²) in [7, 11) is 0. The summed E-state index contributed by atoms with van der Waals surface area (Å²) in [5.74, 6) is 0.112. The third kappa shape index (κ3) is 4.60. The molecule has 1 aromatic rings. The Kier molecular flexibility index (Phi) is 6.49. The number of alkyl halides is 1. The standard InChI is InChI=1S/C15H21BrFNO/c1-4-11(5-2)13(16)9-18-15(19)12-6-7-14(17)10(3)8-12/h6-8,11,13H,4-5,9H2,1-3H3,(H,18,19). The van der Waals surface area contributed by atoms with Gasteiger partial charge >= 0.3 is 0 Å². The number of hydrogen-bond donors (Lipinski definition) is 1. The molecule has 0 aliphatic carbocycles. The first kappa shape index (κ1) is 16.2. The van der Waals surface area contributed by atoms with E-state index in [4.69, 9.17) is 0 Å². The Balaban J connectivity index is 2.58. The molecule has 0 radical (unpaired) electrons. The Labute approximate surface area is 122 Å². The van der Waals surface area contributed by atoms with Gasteiger partial charge in [0.05, 0.1) is 0 Å². The second-order valence-corrected chi connectivity index (χ2v) is 5.94. The molecule has 2 nitrogen and oxygen atoms in total. The number of carbonyl (C=O) groups is 1. The number of amides is 1. The molecule has 1 atom stereocenters. The van der Waals surface area contributed by atoms with Crippen molar-refractivity contribution in [3.05, 3.63) is 35.1 Å². The second kappa shape index (κ2) is 7.63. The molecule has 1 unspecified atom stereocenters. The van der Waals surface area contributed by atoms with E-state index in [1.807, 2.05) is 0 Å². The van der Waals surface area contributed by atoms with Gasteiger partial charge in [-0.2, -0.15) is 0 Å². The molecule has 0 spiro atoms. The first-order chi connectivity index (χ1) is 8.99. The third-order valence-electron chi connectivity index (χ3n) is 3.44. The minimum atomic E-state index is -0.285. The zero-order valence-corrected chi connectivity index (χ0v) is 13.3. The zero-order valence-electron chi connectivity index (χ0n) is 11.7. The smallest absolute Gasteiger partial charge is 0.251 e. The molecule has 19 heavy (non-hydrogen) atoms. The summed E-state index contributed by atoms with van der Waals surface area (Å²) < 4.78 is 13.1. The Morgan fingerprint density at radius 3 is 2.53 bits per heavy atom. The van der Waals surface area contributed by atoms with Gasteiger partial charge in [-0.3, -0.25) is 4.79 Å². The van der Waals surface area contributed by atoms with E-state index in [1.165, 1.54) is 12.1 Å². The average Bonchev–Trinajstić information content (AvgIpc) is 2.40. The summed E-state index contributed by atoms with van der Waals surface area (Å²) in [6, 6.07) is 4.42. The maximum Gasteiger partial charge on any atom is 0.251 e. The summed E-state index contributed by atoms with van der Waals surface area (Å²) in [6.07, 6.45) is 2.16. The van der Waals surface area contributed by atoms with Crippen LogP contribution < -0.4 is 5.32 Å². The Hall–Kier alpha value is -0.900. The largest absolute Gasteiger partial charge is 0.351 e. The molecular formula is C15H21BrFNO. The quantitative estimate of drug-likeness (QED) is 0.783. The molecule has 0 heterocycles. The van der Waals surface area contributed by atoms with E-state index >= 15 is 0 Å². The van der Waals surface area contributed by atoms with E-state index in [2.05, 4.69) is 35.1 Å². The predicted octanol–water partition coefficient (Wildman–Crippen LogP) is 4.06. The number of aryl methyl sites for hydroxylation is 1. The van der Waals surface area contributed by atoms with Crippen LogP contribution in [0.5, 0.6) is 0 Å². The van der Waals surface area contributed by atoms with Gasteiger partial charge in [0.1, 0.15) is 5.82 Å². The molecule has 1 rings (SSSR count). The molecule has 1 N–H and O–H groups in total. The lowest BCUT2D eigenvalue weighted by Crippen LogP contribution is -2.32. The summed E-state index contributed by atoms with van der Waals surface area (Å²) in [6.45, 7) is 6.53. The lowest BCUT2D eigenvalue weighted by Gasteiger charge is -2.20. The SMILES string of the molecule is CCC(CC)C(Br)CNC(=O)c1ccc(F)c(C)c1. The topological polar surface area (TPSA) is 29.1 Å². The van der Waals surface area contributed by atoms with Crippen molar-refractivity contribution in [3.8, 4) is 0 Å². The number of carbonyl (C=O) groups excluding carboxylic acids is 1. The fourth-order valence-corrected chi connectivity index (χ4v) is 2.95. The predicted molar refractivity (Wildman–Crippen MR) is 80.3 cm³/mol. The Morgan fingerprint density at radius 2 is 2.00 bits per heavy atom. The van der Waals surface area contributed by atoms with Gasteiger partial charge in [0, 0.05) is 16.9 Å². The molecule has 0 aromatic heterocycles. The van der Waals surface area contributed by atoms with Crippen molar-refractivity contribution in [3.63, 3.8) is 0 Å². The maximum atomic E-state index is 13.1. The van der Waals surface area contributed by atoms with Crippen LogP contribution >= 0.6 is 15.9 Å². The molecule has 0 bridgehead atoms. The molecule has 1 aromatic carbocycles. The molecule has 0 fully saturated rings. The van der Waals surface area contributed by atoms with E-state index in [-0.39, 0.29) is 16.6 Å². The van der Waals surface area contributed by atoms with E-state index < -0.39 is 0 Å². The monoisotopic (exact) mass is 329 g/mol. The molecule has 0 saturated heterocycles. The molecule has 0 aliphatic heterocycles. The third-order valence-corrected chi connectivity index (χ3v) is 4.51. The van der Waals surface area contributed by atoms with Crippen molar-refractivity contribution >= 4 is 21.8 Å². The minimum absolute atomic E-state index is 0.154. The van der Waals surface area contributed by atoms with E-state index in [1.54, 1.807) is 13.0 Å². The van der Waals surface area contributed by atoms with Crippen molar-refractivity contribution in [2.24, 2.45) is 5.92 Å². The molecule has 0 saturated carbocycles. The fraction of sp³-hybridized carbons (Fsp3) is 0.533. The number of benzene rings is 1. The normalized spacial score (nSPS) is 12.5. The van der Waals surface area contributed by atoms with Gasteiger partial charge in [-0.1, -0.05) is 42.6 Å². The van der Waals surface area contributed by atoms with Crippen molar-refractivity contribution in [1.82, 2.24) is 5.32 Å². The number of halogens is 2. The van der Waals surface area contributed by atoms with Crippen molar-refractivity contribution < 1.29 is 9.18 Å². The van der Waals surface area contributed by atoms with Crippen LogP contribution in [0.2, 0.25) is 0 Å². The maximum absolute atomic E-state index is 13.1. The van der Waals surface area contributed by atoms with Gasteiger partial charge in [-0.15, -0.1) is 0 Å². The van der Waals surface area contributed by atoms with E-state index in [0.29, 0.717) is 23.6 Å². The average molecular weight is 330 g/mol. The van der Waals surface area contributed by atoms with Crippen LogP contribution in [0.15, 0.2) is 18.2 Å². The van der Waals surface area contributed by atoms with Gasteiger partial charge in [0.25, 0.3) is 5.91 Å². The molecule has 106 valence electrons. The molecular weight excluding hydrogens is 309 g/mol. The van der Waals surface area contributed by atoms with Crippen LogP contribution in [-0.2, 0) is 0 Å². The van der Waals surface area contributed by atoms with Crippen LogP contribution in [-0.4, -0.2) is 17.3 Å². The fourth-order valence-electron chi connectivity index (χ4n) is 2.05. The van der Waals surface area contributed by atoms with E-state index in [0.717, 1.165) is 12.8 Å². The minimum Gasteiger partial charge on any atom is -0.351 e. The van der Waals surface area contributed by atoms with Crippen LogP contribution in [0.1, 0.15) is 42.6 Å². The molecule has 4 heteroatoms. The van der Waals surface area contributed by atoms with Gasteiger partial charge < -0.3 is 5.32 Å². The lowest BCUT2D eigenvalue weighted by molar-refractivity contribution is 0.0952. The lowest BCUT2D eigenvalue weighted by atomic mass is 9.99. The number of nitrogens with one attached hydrogen (secondary N) is 1. The summed E-state index contributed by atoms with van der Waals surface area (Å²) in [5.41, 5.74) is 0.992. The van der Waals surface area contributed by atoms with Crippen molar-refractivity contribution in [1.29, 1.82) is 0 Å². The number of rotatable bonds is 6. The van der Waals surface area contributed by atoms with Crippen LogP contribution in [0.3, 0.4) is 0 Å². The van der Waals surface area contributed by atoms with Crippen LogP contribution in [0.4, 0.5) is 4.39 Å². The van der Waals surface area contributed by atoms with Crippen molar-refractivity contribution in [2.75, 3.05) is 6.54 Å². The van der Waals surface area contributed by atoms with Gasteiger partial charge in [-0.05, 0) is 36.6 Å². The summed E-state index contributed by atoms with van der Waals surface area (Å²) in [5, 5.41) is 2.89.